The van der Waals surface area contributed by atoms with Crippen LogP contribution in [-0.4, -0.2) is 28.8 Å². The van der Waals surface area contributed by atoms with E-state index < -0.39 is 6.04 Å². The molecule has 5 rings (SSSR count). The fourth-order valence-electron chi connectivity index (χ4n) is 5.88. The van der Waals surface area contributed by atoms with Gasteiger partial charge in [0.15, 0.2) is 0 Å². The van der Waals surface area contributed by atoms with Crippen LogP contribution in [0.5, 0.6) is 0 Å². The predicted octanol–water partition coefficient (Wildman–Crippen LogP) is 2.85. The number of hydrogen-bond acceptors (Lipinski definition) is 2. The first-order chi connectivity index (χ1) is 10.6. The molecular formula is C17H25ClN2O2. The lowest BCUT2D eigenvalue weighted by molar-refractivity contribution is -0.156. The Morgan fingerprint density at radius 2 is 1.68 bits per heavy atom. The summed E-state index contributed by atoms with van der Waals surface area (Å²) in [5.74, 6) is 2.09. The second-order valence-electron chi connectivity index (χ2n) is 8.12. The third-order valence-electron chi connectivity index (χ3n) is 6.47. The third-order valence-corrected chi connectivity index (χ3v) is 6.85. The largest absolute Gasteiger partial charge is 0.354 e. The van der Waals surface area contributed by atoms with Gasteiger partial charge in [-0.15, -0.1) is 0 Å². The second-order valence-corrected chi connectivity index (χ2v) is 8.48. The minimum Gasteiger partial charge on any atom is -0.354 e. The summed E-state index contributed by atoms with van der Waals surface area (Å²) in [5, 5.41) is 2.89. The first-order valence-corrected chi connectivity index (χ1v) is 9.18. The molecule has 0 aromatic heterocycles. The maximum absolute atomic E-state index is 13.2. The van der Waals surface area contributed by atoms with Gasteiger partial charge in [-0.25, -0.2) is 4.42 Å². The molecule has 1 N–H and O–H groups in total. The first-order valence-electron chi connectivity index (χ1n) is 8.84. The molecule has 1 heterocycles. The van der Waals surface area contributed by atoms with Crippen molar-refractivity contribution in [1.82, 2.24) is 9.74 Å². The highest BCUT2D eigenvalue weighted by Gasteiger charge is 2.56. The van der Waals surface area contributed by atoms with Gasteiger partial charge in [-0.3, -0.25) is 9.59 Å². The molecule has 5 aliphatic rings. The normalized spacial score (nSPS) is 43.6. The summed E-state index contributed by atoms with van der Waals surface area (Å²) >= 11 is 6.44. The number of amides is 2. The molecule has 1 aliphatic heterocycles. The van der Waals surface area contributed by atoms with E-state index in [1.165, 1.54) is 23.7 Å². The monoisotopic (exact) mass is 324 g/mol. The Morgan fingerprint density at radius 3 is 2.27 bits per heavy atom. The molecule has 4 saturated carbocycles. The minimum atomic E-state index is -0.482. The van der Waals surface area contributed by atoms with Crippen LogP contribution in [0.4, 0.5) is 0 Å². The van der Waals surface area contributed by atoms with Crippen LogP contribution in [0.3, 0.4) is 0 Å². The van der Waals surface area contributed by atoms with Crippen LogP contribution in [0.1, 0.15) is 57.8 Å². The Bertz CT molecular complexity index is 458. The zero-order valence-corrected chi connectivity index (χ0v) is 13.8. The lowest BCUT2D eigenvalue weighted by Gasteiger charge is -2.56. The summed E-state index contributed by atoms with van der Waals surface area (Å²) in [6.07, 6.45) is 9.50. The van der Waals surface area contributed by atoms with Gasteiger partial charge in [0.2, 0.25) is 11.8 Å². The van der Waals surface area contributed by atoms with E-state index in [0.29, 0.717) is 30.7 Å². The molecule has 4 nitrogen and oxygen atoms in total. The molecular weight excluding hydrogens is 300 g/mol. The van der Waals surface area contributed by atoms with E-state index in [-0.39, 0.29) is 17.2 Å². The summed E-state index contributed by atoms with van der Waals surface area (Å²) in [6, 6.07) is -0.482. The summed E-state index contributed by atoms with van der Waals surface area (Å²) in [7, 11) is 0. The highest BCUT2D eigenvalue weighted by molar-refractivity contribution is 6.23. The number of nitrogens with one attached hydrogen (secondary N) is 1. The first kappa shape index (κ1) is 14.8. The van der Waals surface area contributed by atoms with Crippen LogP contribution in [0.25, 0.3) is 0 Å². The van der Waals surface area contributed by atoms with Gasteiger partial charge in [-0.05, 0) is 75.5 Å². The van der Waals surface area contributed by atoms with Crippen LogP contribution >= 0.6 is 11.8 Å². The standard InChI is InChI=1S/C17H25ClN2O2/c18-20(14-3-1-2-4-19-15(14)21)16(22)17-8-11-5-12(9-17)7-13(6-11)10-17/h11-14H,1-10H2,(H,19,21)/t11?,12?,13?,14-,17?/m0/s1. The van der Waals surface area contributed by atoms with Crippen molar-refractivity contribution < 1.29 is 9.59 Å². The number of nitrogens with zero attached hydrogens (tertiary/aromatic N) is 1. The van der Waals surface area contributed by atoms with E-state index in [2.05, 4.69) is 5.32 Å². The van der Waals surface area contributed by atoms with Crippen LogP contribution in [0, 0.1) is 23.2 Å². The van der Waals surface area contributed by atoms with Gasteiger partial charge in [0.25, 0.3) is 0 Å². The second kappa shape index (κ2) is 5.40. The zero-order valence-electron chi connectivity index (χ0n) is 13.0. The number of rotatable bonds is 2. The van der Waals surface area contributed by atoms with Crippen molar-refractivity contribution in [1.29, 1.82) is 0 Å². The van der Waals surface area contributed by atoms with Gasteiger partial charge in [-0.2, -0.15) is 0 Å². The molecule has 4 aliphatic carbocycles. The lowest BCUT2D eigenvalue weighted by Crippen LogP contribution is -2.56. The van der Waals surface area contributed by atoms with E-state index in [0.717, 1.165) is 32.1 Å². The Morgan fingerprint density at radius 1 is 1.09 bits per heavy atom. The molecule has 22 heavy (non-hydrogen) atoms. The number of halogens is 1. The topological polar surface area (TPSA) is 49.4 Å². The highest BCUT2D eigenvalue weighted by Crippen LogP contribution is 2.60. The molecule has 0 spiro atoms. The molecule has 0 unspecified atom stereocenters. The van der Waals surface area contributed by atoms with Crippen LogP contribution in [0.15, 0.2) is 0 Å². The number of carbonyl (C=O) groups excluding carboxylic acids is 2. The fraction of sp³-hybridized carbons (Fsp3) is 0.882. The van der Waals surface area contributed by atoms with Crippen molar-refractivity contribution in [3.63, 3.8) is 0 Å². The average Bonchev–Trinajstić information content (AvgIpc) is 2.69. The minimum absolute atomic E-state index is 0.0373. The average molecular weight is 325 g/mol. The van der Waals surface area contributed by atoms with E-state index in [9.17, 15) is 9.59 Å². The van der Waals surface area contributed by atoms with E-state index >= 15 is 0 Å². The molecule has 122 valence electrons. The summed E-state index contributed by atoms with van der Waals surface area (Å²) in [6.45, 7) is 0.700. The molecule has 0 aromatic carbocycles. The molecule has 1 saturated heterocycles. The van der Waals surface area contributed by atoms with Gasteiger partial charge < -0.3 is 5.32 Å². The molecule has 2 amide bonds. The van der Waals surface area contributed by atoms with E-state index in [1.807, 2.05) is 0 Å². The summed E-state index contributed by atoms with van der Waals surface area (Å²) in [5.41, 5.74) is -0.261. The molecule has 0 radical (unpaired) electrons. The third kappa shape index (κ3) is 2.34. The molecule has 5 fully saturated rings. The van der Waals surface area contributed by atoms with Crippen molar-refractivity contribution >= 4 is 23.6 Å². The van der Waals surface area contributed by atoms with Crippen LogP contribution in [0.2, 0.25) is 0 Å². The maximum atomic E-state index is 13.2. The number of carbonyl (C=O) groups is 2. The quantitative estimate of drug-likeness (QED) is 0.794. The fourth-order valence-corrected chi connectivity index (χ4v) is 6.25. The SMILES string of the molecule is O=C1NCCCC[C@@H]1N(Cl)C(=O)C12CC3CC(CC(C3)C1)C2. The predicted molar refractivity (Wildman–Crippen MR) is 84.0 cm³/mol. The molecule has 5 heteroatoms. The molecule has 0 aromatic rings. The zero-order chi connectivity index (χ0) is 15.3. The summed E-state index contributed by atoms with van der Waals surface area (Å²) in [4.78, 5) is 25.4. The van der Waals surface area contributed by atoms with Crippen molar-refractivity contribution in [2.45, 2.75) is 63.8 Å². The van der Waals surface area contributed by atoms with Crippen molar-refractivity contribution in [2.24, 2.45) is 23.2 Å². The Hall–Kier alpha value is -0.770. The molecule has 4 bridgehead atoms. The van der Waals surface area contributed by atoms with Crippen molar-refractivity contribution in [3.8, 4) is 0 Å². The summed E-state index contributed by atoms with van der Waals surface area (Å²) < 4.78 is 1.29. The Labute approximate surface area is 137 Å². The number of hydrogen-bond donors (Lipinski definition) is 1. The van der Waals surface area contributed by atoms with Gasteiger partial charge in [-0.1, -0.05) is 0 Å². The van der Waals surface area contributed by atoms with Crippen LogP contribution in [-0.2, 0) is 9.59 Å². The van der Waals surface area contributed by atoms with Gasteiger partial charge in [0, 0.05) is 18.3 Å². The van der Waals surface area contributed by atoms with E-state index in [1.54, 1.807) is 0 Å². The van der Waals surface area contributed by atoms with Crippen molar-refractivity contribution in [2.75, 3.05) is 6.54 Å². The maximum Gasteiger partial charge on any atom is 0.244 e. The van der Waals surface area contributed by atoms with Gasteiger partial charge in [0.05, 0.1) is 5.41 Å². The highest BCUT2D eigenvalue weighted by atomic mass is 35.5. The van der Waals surface area contributed by atoms with Crippen molar-refractivity contribution in [3.05, 3.63) is 0 Å². The van der Waals surface area contributed by atoms with Gasteiger partial charge >= 0.3 is 0 Å². The van der Waals surface area contributed by atoms with Gasteiger partial charge in [0.1, 0.15) is 6.04 Å². The molecule has 1 atom stereocenters. The Kier molecular flexibility index (Phi) is 3.63. The Balaban J connectivity index is 1.54. The van der Waals surface area contributed by atoms with Crippen LogP contribution < -0.4 is 5.32 Å². The van der Waals surface area contributed by atoms with E-state index in [4.69, 9.17) is 11.8 Å². The smallest absolute Gasteiger partial charge is 0.244 e. The lowest BCUT2D eigenvalue weighted by atomic mass is 9.49.